The highest BCUT2D eigenvalue weighted by Crippen LogP contribution is 2.28. The monoisotopic (exact) mass is 327 g/mol. The number of aromatic nitrogens is 4. The minimum atomic E-state index is -0.284. The summed E-state index contributed by atoms with van der Waals surface area (Å²) in [6, 6.07) is 7.74. The van der Waals surface area contributed by atoms with Crippen LogP contribution in [0.2, 0.25) is 0 Å². The van der Waals surface area contributed by atoms with Gasteiger partial charge in [-0.25, -0.2) is 9.97 Å². The molecule has 1 atom stereocenters. The Hall–Kier alpha value is -2.41. The van der Waals surface area contributed by atoms with Crippen molar-refractivity contribution in [1.29, 1.82) is 0 Å². The first-order valence-electron chi connectivity index (χ1n) is 7.21. The van der Waals surface area contributed by atoms with Crippen molar-refractivity contribution in [3.8, 4) is 0 Å². The second-order valence-electron chi connectivity index (χ2n) is 5.30. The number of nitrogens with zero attached hydrogens (tertiary/aromatic N) is 4. The lowest BCUT2D eigenvalue weighted by Crippen LogP contribution is -2.22. The average molecular weight is 327 g/mol. The predicted octanol–water partition coefficient (Wildman–Crippen LogP) is 2.79. The number of thioether (sulfide) groups is 1. The van der Waals surface area contributed by atoms with E-state index in [1.54, 1.807) is 10.9 Å². The third kappa shape index (κ3) is 3.34. The van der Waals surface area contributed by atoms with Crippen LogP contribution in [0.1, 0.15) is 12.5 Å². The second-order valence-corrected chi connectivity index (χ2v) is 6.63. The van der Waals surface area contributed by atoms with Crippen LogP contribution in [-0.4, -0.2) is 30.9 Å². The molecule has 0 saturated heterocycles. The zero-order valence-corrected chi connectivity index (χ0v) is 14.0. The van der Waals surface area contributed by atoms with E-state index in [0.717, 1.165) is 27.3 Å². The molecule has 6 nitrogen and oxygen atoms in total. The van der Waals surface area contributed by atoms with Crippen molar-refractivity contribution in [1.82, 2.24) is 19.7 Å². The molecular weight excluding hydrogens is 310 g/mol. The normalized spacial score (nSPS) is 12.3. The number of carbonyl (C=O) groups is 1. The van der Waals surface area contributed by atoms with Crippen LogP contribution >= 0.6 is 11.8 Å². The summed E-state index contributed by atoms with van der Waals surface area (Å²) >= 11 is 1.40. The summed E-state index contributed by atoms with van der Waals surface area (Å²) in [5.74, 6) is -0.0590. The highest BCUT2D eigenvalue weighted by Gasteiger charge is 2.18. The number of benzene rings is 1. The molecule has 1 aromatic carbocycles. The fourth-order valence-corrected chi connectivity index (χ4v) is 3.10. The maximum Gasteiger partial charge on any atom is 0.237 e. The Kier molecular flexibility index (Phi) is 4.29. The molecule has 3 aromatic rings. The van der Waals surface area contributed by atoms with Gasteiger partial charge in [0.15, 0.2) is 5.65 Å². The molecule has 0 aliphatic rings. The summed E-state index contributed by atoms with van der Waals surface area (Å²) in [6.45, 7) is 3.86. The van der Waals surface area contributed by atoms with Crippen LogP contribution in [0.4, 0.5) is 5.69 Å². The lowest BCUT2D eigenvalue weighted by molar-refractivity contribution is -0.115. The summed E-state index contributed by atoms with van der Waals surface area (Å²) in [5.41, 5.74) is 2.67. The van der Waals surface area contributed by atoms with Gasteiger partial charge in [0, 0.05) is 12.7 Å². The van der Waals surface area contributed by atoms with E-state index in [9.17, 15) is 4.79 Å². The summed E-state index contributed by atoms with van der Waals surface area (Å²) in [4.78, 5) is 20.9. The Morgan fingerprint density at radius 1 is 1.35 bits per heavy atom. The predicted molar refractivity (Wildman–Crippen MR) is 91.4 cm³/mol. The molecule has 0 saturated carbocycles. The quantitative estimate of drug-likeness (QED) is 0.589. The van der Waals surface area contributed by atoms with E-state index in [4.69, 9.17) is 0 Å². The lowest BCUT2D eigenvalue weighted by atomic mass is 10.2. The van der Waals surface area contributed by atoms with Crippen LogP contribution in [0.15, 0.2) is 41.8 Å². The summed E-state index contributed by atoms with van der Waals surface area (Å²) < 4.78 is 1.69. The molecule has 0 aliphatic carbocycles. The van der Waals surface area contributed by atoms with Crippen LogP contribution < -0.4 is 5.32 Å². The number of hydrogen-bond donors (Lipinski definition) is 1. The Bertz CT molecular complexity index is 861. The van der Waals surface area contributed by atoms with E-state index in [2.05, 4.69) is 20.4 Å². The number of anilines is 1. The molecule has 7 heteroatoms. The highest BCUT2D eigenvalue weighted by atomic mass is 32.2. The molecule has 118 valence electrons. The molecule has 1 amide bonds. The summed E-state index contributed by atoms with van der Waals surface area (Å²) in [5, 5.41) is 8.45. The number of amides is 1. The van der Waals surface area contributed by atoms with Crippen molar-refractivity contribution in [2.45, 2.75) is 24.1 Å². The minimum absolute atomic E-state index is 0.0590. The van der Waals surface area contributed by atoms with E-state index >= 15 is 0 Å². The molecular formula is C16H17N5OS. The van der Waals surface area contributed by atoms with Crippen LogP contribution in [-0.2, 0) is 11.8 Å². The molecule has 2 aromatic heterocycles. The first kappa shape index (κ1) is 15.5. The van der Waals surface area contributed by atoms with Gasteiger partial charge in [-0.1, -0.05) is 23.9 Å². The van der Waals surface area contributed by atoms with Crippen molar-refractivity contribution in [2.75, 3.05) is 5.32 Å². The van der Waals surface area contributed by atoms with Crippen LogP contribution in [0.25, 0.3) is 11.0 Å². The molecule has 0 unspecified atom stereocenters. The topological polar surface area (TPSA) is 72.7 Å². The molecule has 0 bridgehead atoms. The number of fused-ring (bicyclic) bond motifs is 1. The standard InChI is InChI=1S/C16H17N5OS/c1-10-5-4-6-12(7-10)20-15(22)11(2)23-16-13-8-19-21(3)14(13)17-9-18-16/h4-9,11H,1-3H3,(H,20,22)/t11-/m0/s1. The minimum Gasteiger partial charge on any atom is -0.325 e. The first-order valence-corrected chi connectivity index (χ1v) is 8.09. The molecule has 0 fully saturated rings. The summed E-state index contributed by atoms with van der Waals surface area (Å²) in [6.07, 6.45) is 3.22. The van der Waals surface area contributed by atoms with E-state index in [1.807, 2.05) is 45.2 Å². The van der Waals surface area contributed by atoms with Gasteiger partial charge >= 0.3 is 0 Å². The van der Waals surface area contributed by atoms with Gasteiger partial charge in [0.25, 0.3) is 0 Å². The van der Waals surface area contributed by atoms with Crippen molar-refractivity contribution in [3.63, 3.8) is 0 Å². The van der Waals surface area contributed by atoms with E-state index in [0.29, 0.717) is 0 Å². The smallest absolute Gasteiger partial charge is 0.237 e. The van der Waals surface area contributed by atoms with Gasteiger partial charge in [-0.3, -0.25) is 9.48 Å². The maximum atomic E-state index is 12.4. The van der Waals surface area contributed by atoms with E-state index in [-0.39, 0.29) is 11.2 Å². The van der Waals surface area contributed by atoms with Gasteiger partial charge in [-0.05, 0) is 31.5 Å². The zero-order valence-electron chi connectivity index (χ0n) is 13.1. The first-order chi connectivity index (χ1) is 11.0. The second kappa shape index (κ2) is 6.37. The largest absolute Gasteiger partial charge is 0.325 e. The third-order valence-corrected chi connectivity index (χ3v) is 4.55. The Balaban J connectivity index is 1.75. The number of carbonyl (C=O) groups excluding carboxylic acids is 1. The van der Waals surface area contributed by atoms with Crippen molar-refractivity contribution >= 4 is 34.4 Å². The zero-order chi connectivity index (χ0) is 16.4. The van der Waals surface area contributed by atoms with Crippen LogP contribution in [0.5, 0.6) is 0 Å². The fourth-order valence-electron chi connectivity index (χ4n) is 2.22. The van der Waals surface area contributed by atoms with Crippen LogP contribution in [0, 0.1) is 6.92 Å². The lowest BCUT2D eigenvalue weighted by Gasteiger charge is -2.12. The van der Waals surface area contributed by atoms with Gasteiger partial charge in [0.2, 0.25) is 5.91 Å². The number of hydrogen-bond acceptors (Lipinski definition) is 5. The Morgan fingerprint density at radius 2 is 2.17 bits per heavy atom. The Labute approximate surface area is 138 Å². The number of nitrogens with one attached hydrogen (secondary N) is 1. The molecule has 3 rings (SSSR count). The molecule has 2 heterocycles. The average Bonchev–Trinajstić information content (AvgIpc) is 2.90. The summed E-state index contributed by atoms with van der Waals surface area (Å²) in [7, 11) is 1.83. The van der Waals surface area contributed by atoms with Gasteiger partial charge in [-0.2, -0.15) is 5.10 Å². The van der Waals surface area contributed by atoms with E-state index < -0.39 is 0 Å². The van der Waals surface area contributed by atoms with Crippen molar-refractivity contribution in [2.24, 2.45) is 7.05 Å². The van der Waals surface area contributed by atoms with Crippen molar-refractivity contribution in [3.05, 3.63) is 42.4 Å². The van der Waals surface area contributed by atoms with E-state index in [1.165, 1.54) is 18.1 Å². The van der Waals surface area contributed by atoms with Crippen molar-refractivity contribution < 1.29 is 4.79 Å². The third-order valence-electron chi connectivity index (χ3n) is 3.44. The molecule has 0 aliphatic heterocycles. The number of rotatable bonds is 4. The Morgan fingerprint density at radius 3 is 2.96 bits per heavy atom. The maximum absolute atomic E-state index is 12.4. The molecule has 1 N–H and O–H groups in total. The number of aryl methyl sites for hydroxylation is 2. The molecule has 23 heavy (non-hydrogen) atoms. The van der Waals surface area contributed by atoms with Gasteiger partial charge in [0.1, 0.15) is 11.4 Å². The molecule has 0 radical (unpaired) electrons. The van der Waals surface area contributed by atoms with Gasteiger partial charge in [-0.15, -0.1) is 0 Å². The van der Waals surface area contributed by atoms with Gasteiger partial charge in [0.05, 0.1) is 16.8 Å². The fraction of sp³-hybridized carbons (Fsp3) is 0.250. The highest BCUT2D eigenvalue weighted by molar-refractivity contribution is 8.00. The SMILES string of the molecule is Cc1cccc(NC(=O)[C@H](C)Sc2ncnc3c2cnn3C)c1. The molecule has 0 spiro atoms. The van der Waals surface area contributed by atoms with Crippen LogP contribution in [0.3, 0.4) is 0 Å². The van der Waals surface area contributed by atoms with Gasteiger partial charge < -0.3 is 5.32 Å².